The minimum atomic E-state index is -0.287. The SMILES string of the molecule is O=C(Nc1cccc(/C=N/Nc2ncc(Cl)cc2Cl)c1)c1ccccc1Cl. The molecule has 0 saturated carbocycles. The Balaban J connectivity index is 1.68. The monoisotopic (exact) mass is 418 g/mol. The first-order valence-corrected chi connectivity index (χ1v) is 8.92. The molecule has 0 radical (unpaired) electrons. The van der Waals surface area contributed by atoms with E-state index in [1.165, 1.54) is 6.20 Å². The van der Waals surface area contributed by atoms with Gasteiger partial charge in [0, 0.05) is 11.9 Å². The molecule has 0 saturated heterocycles. The van der Waals surface area contributed by atoms with Crippen LogP contribution in [0.3, 0.4) is 0 Å². The molecule has 0 aliphatic carbocycles. The van der Waals surface area contributed by atoms with Crippen molar-refractivity contribution in [2.45, 2.75) is 0 Å². The van der Waals surface area contributed by atoms with Crippen LogP contribution in [0, 0.1) is 0 Å². The Hall–Kier alpha value is -2.60. The number of carbonyl (C=O) groups is 1. The largest absolute Gasteiger partial charge is 0.322 e. The van der Waals surface area contributed by atoms with E-state index in [1.54, 1.807) is 54.7 Å². The van der Waals surface area contributed by atoms with Gasteiger partial charge in [-0.25, -0.2) is 4.98 Å². The van der Waals surface area contributed by atoms with E-state index >= 15 is 0 Å². The maximum absolute atomic E-state index is 12.3. The Morgan fingerprint density at radius 1 is 1.00 bits per heavy atom. The van der Waals surface area contributed by atoms with E-state index in [1.807, 2.05) is 6.07 Å². The molecule has 1 heterocycles. The van der Waals surface area contributed by atoms with Crippen molar-refractivity contribution in [2.24, 2.45) is 5.10 Å². The zero-order chi connectivity index (χ0) is 19.2. The predicted molar refractivity (Wildman–Crippen MR) is 111 cm³/mol. The highest BCUT2D eigenvalue weighted by Gasteiger charge is 2.09. The Morgan fingerprint density at radius 3 is 2.59 bits per heavy atom. The van der Waals surface area contributed by atoms with Gasteiger partial charge in [0.15, 0.2) is 5.82 Å². The van der Waals surface area contributed by atoms with Crippen molar-refractivity contribution in [2.75, 3.05) is 10.7 Å². The maximum atomic E-state index is 12.3. The molecule has 0 aliphatic rings. The Bertz CT molecular complexity index is 1010. The second-order valence-electron chi connectivity index (χ2n) is 5.41. The molecule has 0 spiro atoms. The predicted octanol–water partition coefficient (Wildman–Crippen LogP) is 5.74. The minimum absolute atomic E-state index is 0.287. The van der Waals surface area contributed by atoms with Crippen LogP contribution in [0.5, 0.6) is 0 Å². The van der Waals surface area contributed by atoms with Crippen LogP contribution in [-0.4, -0.2) is 17.1 Å². The van der Waals surface area contributed by atoms with E-state index in [0.717, 1.165) is 5.56 Å². The van der Waals surface area contributed by atoms with Crippen molar-refractivity contribution in [3.8, 4) is 0 Å². The Kier molecular flexibility index (Phi) is 6.29. The average molecular weight is 420 g/mol. The van der Waals surface area contributed by atoms with Crippen LogP contribution in [0.4, 0.5) is 11.5 Å². The lowest BCUT2D eigenvalue weighted by Gasteiger charge is -2.07. The first-order chi connectivity index (χ1) is 13.0. The highest BCUT2D eigenvalue weighted by Crippen LogP contribution is 2.22. The fourth-order valence-electron chi connectivity index (χ4n) is 2.21. The van der Waals surface area contributed by atoms with Crippen molar-refractivity contribution < 1.29 is 4.79 Å². The van der Waals surface area contributed by atoms with Crippen LogP contribution < -0.4 is 10.7 Å². The van der Waals surface area contributed by atoms with E-state index in [2.05, 4.69) is 20.8 Å². The van der Waals surface area contributed by atoms with Crippen molar-refractivity contribution in [1.82, 2.24) is 4.98 Å². The zero-order valence-corrected chi connectivity index (χ0v) is 16.1. The van der Waals surface area contributed by atoms with Crippen LogP contribution >= 0.6 is 34.8 Å². The van der Waals surface area contributed by atoms with Crippen molar-refractivity contribution in [3.63, 3.8) is 0 Å². The molecule has 2 aromatic carbocycles. The normalized spacial score (nSPS) is 10.8. The molecule has 1 amide bonds. The Labute approximate surface area is 171 Å². The molecular formula is C19H13Cl3N4O. The van der Waals surface area contributed by atoms with Crippen molar-refractivity contribution >= 4 is 58.4 Å². The van der Waals surface area contributed by atoms with Crippen molar-refractivity contribution in [3.05, 3.63) is 87.0 Å². The summed E-state index contributed by atoms with van der Waals surface area (Å²) in [6.07, 6.45) is 3.05. The maximum Gasteiger partial charge on any atom is 0.257 e. The zero-order valence-electron chi connectivity index (χ0n) is 13.8. The summed E-state index contributed by atoms with van der Waals surface area (Å²) in [5.74, 6) is 0.102. The molecule has 5 nitrogen and oxygen atoms in total. The highest BCUT2D eigenvalue weighted by molar-refractivity contribution is 6.36. The summed E-state index contributed by atoms with van der Waals surface area (Å²) >= 11 is 17.9. The van der Waals surface area contributed by atoms with Gasteiger partial charge in [-0.05, 0) is 35.9 Å². The molecule has 3 aromatic rings. The molecular weight excluding hydrogens is 407 g/mol. The summed E-state index contributed by atoms with van der Waals surface area (Å²) < 4.78 is 0. The molecule has 1 aromatic heterocycles. The summed E-state index contributed by atoms with van der Waals surface area (Å²) in [6, 6.07) is 15.6. The lowest BCUT2D eigenvalue weighted by atomic mass is 10.2. The van der Waals surface area contributed by atoms with E-state index < -0.39 is 0 Å². The Morgan fingerprint density at radius 2 is 1.81 bits per heavy atom. The number of hydrazone groups is 1. The fourth-order valence-corrected chi connectivity index (χ4v) is 2.85. The molecule has 136 valence electrons. The number of nitrogens with one attached hydrogen (secondary N) is 2. The number of aromatic nitrogens is 1. The summed E-state index contributed by atoms with van der Waals surface area (Å²) in [7, 11) is 0. The molecule has 0 fully saturated rings. The first-order valence-electron chi connectivity index (χ1n) is 7.79. The average Bonchev–Trinajstić information content (AvgIpc) is 2.64. The molecule has 0 atom stereocenters. The van der Waals surface area contributed by atoms with Gasteiger partial charge in [-0.15, -0.1) is 0 Å². The van der Waals surface area contributed by atoms with Crippen LogP contribution in [0.2, 0.25) is 15.1 Å². The quantitative estimate of drug-likeness (QED) is 0.409. The molecule has 0 bridgehead atoms. The number of amides is 1. The number of pyridine rings is 1. The van der Waals surface area contributed by atoms with Gasteiger partial charge >= 0.3 is 0 Å². The number of hydrogen-bond donors (Lipinski definition) is 2. The third kappa shape index (κ3) is 5.20. The van der Waals surface area contributed by atoms with Crippen molar-refractivity contribution in [1.29, 1.82) is 0 Å². The number of anilines is 2. The second-order valence-corrected chi connectivity index (χ2v) is 6.66. The standard InChI is InChI=1S/C19H13Cl3N4O/c20-13-9-17(22)18(23-11-13)26-24-10-12-4-3-5-14(8-12)25-19(27)15-6-1-2-7-16(15)21/h1-11H,(H,23,26)(H,25,27)/b24-10+. The fraction of sp³-hybridized carbons (Fsp3) is 0. The molecule has 3 rings (SSSR count). The molecule has 0 unspecified atom stereocenters. The lowest BCUT2D eigenvalue weighted by molar-refractivity contribution is 0.102. The smallest absolute Gasteiger partial charge is 0.257 e. The van der Waals surface area contributed by atoms with E-state index in [-0.39, 0.29) is 5.91 Å². The van der Waals surface area contributed by atoms with Crippen LogP contribution in [0.25, 0.3) is 0 Å². The van der Waals surface area contributed by atoms with Gasteiger partial charge in [0.1, 0.15) is 0 Å². The first kappa shape index (κ1) is 19.2. The molecule has 0 aliphatic heterocycles. The molecule has 8 heteroatoms. The third-order valence-electron chi connectivity index (χ3n) is 3.45. The summed E-state index contributed by atoms with van der Waals surface area (Å²) in [4.78, 5) is 16.4. The van der Waals surface area contributed by atoms with Crippen LogP contribution in [-0.2, 0) is 0 Å². The number of carbonyl (C=O) groups excluding carboxylic acids is 1. The highest BCUT2D eigenvalue weighted by atomic mass is 35.5. The van der Waals surface area contributed by atoms with Crippen LogP contribution in [0.15, 0.2) is 65.9 Å². The summed E-state index contributed by atoms with van der Waals surface area (Å²) in [5.41, 5.74) is 4.54. The number of nitrogens with zero attached hydrogens (tertiary/aromatic N) is 2. The molecule has 27 heavy (non-hydrogen) atoms. The van der Waals surface area contributed by atoms with Gasteiger partial charge in [0.2, 0.25) is 0 Å². The summed E-state index contributed by atoms with van der Waals surface area (Å²) in [5, 5.41) is 8.10. The number of hydrogen-bond acceptors (Lipinski definition) is 4. The lowest BCUT2D eigenvalue weighted by Crippen LogP contribution is -2.12. The molecule has 2 N–H and O–H groups in total. The van der Waals surface area contributed by atoms with Gasteiger partial charge in [0.05, 0.1) is 26.8 Å². The topological polar surface area (TPSA) is 66.4 Å². The number of benzene rings is 2. The number of halogens is 3. The van der Waals surface area contributed by atoms with Gasteiger partial charge in [-0.1, -0.05) is 59.1 Å². The second kappa shape index (κ2) is 8.86. The summed E-state index contributed by atoms with van der Waals surface area (Å²) in [6.45, 7) is 0. The van der Waals surface area contributed by atoms with Gasteiger partial charge < -0.3 is 5.32 Å². The number of rotatable bonds is 5. The van der Waals surface area contributed by atoms with Gasteiger partial charge in [0.25, 0.3) is 5.91 Å². The van der Waals surface area contributed by atoms with E-state index in [0.29, 0.717) is 32.1 Å². The van der Waals surface area contributed by atoms with Gasteiger partial charge in [-0.3, -0.25) is 10.2 Å². The van der Waals surface area contributed by atoms with Gasteiger partial charge in [-0.2, -0.15) is 5.10 Å². The van der Waals surface area contributed by atoms with E-state index in [9.17, 15) is 4.79 Å². The van der Waals surface area contributed by atoms with E-state index in [4.69, 9.17) is 34.8 Å². The third-order valence-corrected chi connectivity index (χ3v) is 4.28. The van der Waals surface area contributed by atoms with Crippen LogP contribution in [0.1, 0.15) is 15.9 Å². The minimum Gasteiger partial charge on any atom is -0.322 e.